The van der Waals surface area contributed by atoms with E-state index < -0.39 is 33.6 Å². The highest BCUT2D eigenvalue weighted by Gasteiger charge is 2.64. The molecule has 0 spiro atoms. The second kappa shape index (κ2) is 13.5. The lowest BCUT2D eigenvalue weighted by Gasteiger charge is -2.44. The van der Waals surface area contributed by atoms with Gasteiger partial charge in [-0.15, -0.1) is 0 Å². The minimum absolute atomic E-state index is 0.105. The van der Waals surface area contributed by atoms with E-state index in [-0.39, 0.29) is 50.2 Å². The summed E-state index contributed by atoms with van der Waals surface area (Å²) in [6.07, 6.45) is 3.81. The van der Waals surface area contributed by atoms with Gasteiger partial charge in [0.2, 0.25) is 0 Å². The zero-order valence-electron chi connectivity index (χ0n) is 26.6. The summed E-state index contributed by atoms with van der Waals surface area (Å²) in [7, 11) is 0. The fraction of sp³-hybridized carbons (Fsp3) is 0.556. The van der Waals surface area contributed by atoms with Gasteiger partial charge in [-0.2, -0.15) is 0 Å². The number of rotatable bonds is 10. The molecule has 6 atom stereocenters. The summed E-state index contributed by atoms with van der Waals surface area (Å²) < 4.78 is 22.0. The van der Waals surface area contributed by atoms with Gasteiger partial charge in [0.15, 0.2) is 0 Å². The predicted molar refractivity (Wildman–Crippen MR) is 165 cm³/mol. The van der Waals surface area contributed by atoms with Crippen molar-refractivity contribution in [3.8, 4) is 0 Å². The average molecular weight is 637 g/mol. The molecule has 0 bridgehead atoms. The van der Waals surface area contributed by atoms with Gasteiger partial charge in [-0.1, -0.05) is 73.5 Å². The molecule has 0 amide bonds. The average Bonchev–Trinajstić information content (AvgIpc) is 3.53. The van der Waals surface area contributed by atoms with Crippen molar-refractivity contribution >= 4 is 23.9 Å². The van der Waals surface area contributed by atoms with Crippen molar-refractivity contribution in [2.75, 3.05) is 26.4 Å². The minimum atomic E-state index is -1.05. The first-order chi connectivity index (χ1) is 22.0. The zero-order chi connectivity index (χ0) is 33.0. The fourth-order valence-electron chi connectivity index (χ4n) is 8.11. The number of cyclic esters (lactones) is 2. The molecule has 2 saturated heterocycles. The van der Waals surface area contributed by atoms with E-state index in [1.807, 2.05) is 74.5 Å². The fourth-order valence-corrected chi connectivity index (χ4v) is 8.11. The maximum atomic E-state index is 12.1. The normalized spacial score (nSPS) is 33.1. The Balaban J connectivity index is 0.000000181. The van der Waals surface area contributed by atoms with Crippen molar-refractivity contribution in [1.82, 2.24) is 0 Å². The molecule has 2 aliphatic heterocycles. The van der Waals surface area contributed by atoms with E-state index in [4.69, 9.17) is 18.9 Å². The lowest BCUT2D eigenvalue weighted by atomic mass is 9.56. The van der Waals surface area contributed by atoms with E-state index >= 15 is 0 Å². The van der Waals surface area contributed by atoms with E-state index in [0.29, 0.717) is 51.7 Å². The van der Waals surface area contributed by atoms with Crippen LogP contribution >= 0.6 is 0 Å². The molecule has 2 saturated carbocycles. The summed E-state index contributed by atoms with van der Waals surface area (Å²) in [6.45, 7) is 4.97. The monoisotopic (exact) mass is 636 g/mol. The van der Waals surface area contributed by atoms with Gasteiger partial charge >= 0.3 is 23.9 Å². The Kier molecular flexibility index (Phi) is 9.89. The van der Waals surface area contributed by atoms with Crippen LogP contribution in [0.3, 0.4) is 0 Å². The lowest BCUT2D eigenvalue weighted by molar-refractivity contribution is -0.169. The number of hydrogen-bond acceptors (Lipinski definition) is 8. The van der Waals surface area contributed by atoms with Gasteiger partial charge in [0.1, 0.15) is 0 Å². The minimum Gasteiger partial charge on any atom is -0.481 e. The highest BCUT2D eigenvalue weighted by Crippen LogP contribution is 2.56. The number of esters is 2. The van der Waals surface area contributed by atoms with Crippen molar-refractivity contribution in [1.29, 1.82) is 0 Å². The summed E-state index contributed by atoms with van der Waals surface area (Å²) in [4.78, 5) is 48.3. The maximum absolute atomic E-state index is 12.1. The van der Waals surface area contributed by atoms with Gasteiger partial charge < -0.3 is 29.2 Å². The van der Waals surface area contributed by atoms with Gasteiger partial charge in [0, 0.05) is 11.8 Å². The maximum Gasteiger partial charge on any atom is 0.312 e. The molecule has 4 aliphatic rings. The molecule has 2 aromatic rings. The van der Waals surface area contributed by atoms with Crippen molar-refractivity contribution in [2.45, 2.75) is 65.6 Å². The number of ether oxygens (including phenoxy) is 4. The number of fused-ring (bicyclic) bond motifs is 2. The summed E-state index contributed by atoms with van der Waals surface area (Å²) in [5.41, 5.74) is -1.49. The quantitative estimate of drug-likeness (QED) is 0.331. The van der Waals surface area contributed by atoms with E-state index in [0.717, 1.165) is 11.1 Å². The molecule has 10 heteroatoms. The number of benzene rings is 2. The largest absolute Gasteiger partial charge is 0.481 e. The number of hydrogen-bond donors (Lipinski definition) is 2. The van der Waals surface area contributed by atoms with Gasteiger partial charge in [-0.05, 0) is 50.7 Å². The summed E-state index contributed by atoms with van der Waals surface area (Å²) in [5, 5.41) is 19.8. The molecule has 46 heavy (non-hydrogen) atoms. The first-order valence-corrected chi connectivity index (χ1v) is 16.0. The lowest BCUT2D eigenvalue weighted by Crippen LogP contribution is -2.52. The van der Waals surface area contributed by atoms with E-state index in [9.17, 15) is 29.4 Å². The van der Waals surface area contributed by atoms with Gasteiger partial charge in [0.05, 0.1) is 61.3 Å². The number of carboxylic acid groups (broad SMARTS) is 2. The molecule has 10 nitrogen and oxygen atoms in total. The number of carbonyl (C=O) groups is 4. The molecule has 0 unspecified atom stereocenters. The molecule has 2 aliphatic carbocycles. The van der Waals surface area contributed by atoms with Crippen LogP contribution in [0.25, 0.3) is 0 Å². The highest BCUT2D eigenvalue weighted by molar-refractivity contribution is 5.84. The third kappa shape index (κ3) is 6.17. The van der Waals surface area contributed by atoms with Crippen LogP contribution in [0.2, 0.25) is 0 Å². The zero-order valence-corrected chi connectivity index (χ0v) is 26.6. The Morgan fingerprint density at radius 2 is 1.04 bits per heavy atom. The van der Waals surface area contributed by atoms with E-state index in [1.54, 1.807) is 0 Å². The van der Waals surface area contributed by atoms with Crippen LogP contribution in [0.5, 0.6) is 0 Å². The van der Waals surface area contributed by atoms with E-state index in [1.165, 1.54) is 0 Å². The van der Waals surface area contributed by atoms with Crippen LogP contribution in [0.4, 0.5) is 0 Å². The smallest absolute Gasteiger partial charge is 0.312 e. The predicted octanol–water partition coefficient (Wildman–Crippen LogP) is 5.27. The summed E-state index contributed by atoms with van der Waals surface area (Å²) in [5.74, 6) is -2.97. The van der Waals surface area contributed by atoms with Crippen molar-refractivity contribution < 1.29 is 48.3 Å². The number of carboxylic acids is 2. The second-order valence-electron chi connectivity index (χ2n) is 13.7. The van der Waals surface area contributed by atoms with Crippen LogP contribution < -0.4 is 0 Å². The molecular formula is C36H44O10. The molecule has 2 N–H and O–H groups in total. The SMILES string of the molecule is C[C@@]12CCC[C@@](COCc3ccccc3)(C(=O)O)[C@@H]1COC2=O.C[C@]12CCC[C@](COCc3ccccc3)(C(=O)O)[C@H]1COC2=O. The Labute approximate surface area is 269 Å². The second-order valence-corrected chi connectivity index (χ2v) is 13.7. The topological polar surface area (TPSA) is 146 Å². The first kappa shape index (κ1) is 33.6. The molecule has 0 radical (unpaired) electrons. The van der Waals surface area contributed by atoms with Crippen LogP contribution in [0.15, 0.2) is 60.7 Å². The third-order valence-electron chi connectivity index (χ3n) is 11.0. The van der Waals surface area contributed by atoms with Crippen LogP contribution in [0, 0.1) is 33.5 Å². The number of carbonyl (C=O) groups excluding carboxylic acids is 2. The molecule has 0 aromatic heterocycles. The van der Waals surface area contributed by atoms with Gasteiger partial charge in [-0.3, -0.25) is 19.2 Å². The Morgan fingerprint density at radius 3 is 1.39 bits per heavy atom. The van der Waals surface area contributed by atoms with Gasteiger partial charge in [0.25, 0.3) is 0 Å². The first-order valence-electron chi connectivity index (χ1n) is 16.0. The third-order valence-corrected chi connectivity index (χ3v) is 11.0. The Hall–Kier alpha value is -3.76. The Bertz CT molecular complexity index is 1300. The van der Waals surface area contributed by atoms with Crippen LogP contribution in [0.1, 0.15) is 63.5 Å². The molecule has 6 rings (SSSR count). The highest BCUT2D eigenvalue weighted by atomic mass is 16.5. The van der Waals surface area contributed by atoms with Crippen LogP contribution in [-0.2, 0) is 51.3 Å². The standard InChI is InChI=1S/2C18H22O5/c2*1-17-8-5-9-18(15(19)20,14(17)11-23-16(17)21)12-22-10-13-6-3-2-4-7-13/h2*2-4,6-7,14H,5,8-12H2,1H3,(H,19,20)/t2*14-,17-,18+/m10/s1. The molecule has 4 fully saturated rings. The summed E-state index contributed by atoms with van der Waals surface area (Å²) in [6, 6.07) is 19.3. The van der Waals surface area contributed by atoms with Crippen molar-refractivity contribution in [3.63, 3.8) is 0 Å². The summed E-state index contributed by atoms with van der Waals surface area (Å²) >= 11 is 0. The van der Waals surface area contributed by atoms with Crippen LogP contribution in [-0.4, -0.2) is 60.5 Å². The molecule has 2 heterocycles. The molecule has 2 aromatic carbocycles. The number of aliphatic carboxylic acids is 2. The molecular weight excluding hydrogens is 592 g/mol. The molecule has 248 valence electrons. The van der Waals surface area contributed by atoms with Crippen molar-refractivity contribution in [3.05, 3.63) is 71.8 Å². The van der Waals surface area contributed by atoms with Crippen molar-refractivity contribution in [2.24, 2.45) is 33.5 Å². The van der Waals surface area contributed by atoms with E-state index in [2.05, 4.69) is 0 Å². The van der Waals surface area contributed by atoms with Gasteiger partial charge in [-0.25, -0.2) is 0 Å². The Morgan fingerprint density at radius 1 is 0.674 bits per heavy atom.